The van der Waals surface area contributed by atoms with Crippen LogP contribution in [0.4, 0.5) is 5.95 Å². The Morgan fingerprint density at radius 3 is 2.86 bits per heavy atom. The van der Waals surface area contributed by atoms with Gasteiger partial charge in [0.2, 0.25) is 11.9 Å². The van der Waals surface area contributed by atoms with Gasteiger partial charge in [-0.15, -0.1) is 0 Å². The van der Waals surface area contributed by atoms with Crippen molar-refractivity contribution in [2.75, 3.05) is 38.7 Å². The number of anilines is 1. The summed E-state index contributed by atoms with van der Waals surface area (Å²) in [7, 11) is 3.90. The Bertz CT molecular complexity index is 917. The van der Waals surface area contributed by atoms with Crippen LogP contribution in [0.5, 0.6) is 0 Å². The van der Waals surface area contributed by atoms with E-state index in [-0.39, 0.29) is 11.8 Å². The zero-order valence-corrected chi connectivity index (χ0v) is 17.0. The Morgan fingerprint density at radius 1 is 1.24 bits per heavy atom. The Balaban J connectivity index is 1.31. The van der Waals surface area contributed by atoms with E-state index in [0.717, 1.165) is 43.7 Å². The lowest BCUT2D eigenvalue weighted by Gasteiger charge is -2.44. The number of ether oxygens (including phenoxy) is 1. The summed E-state index contributed by atoms with van der Waals surface area (Å²) in [5.41, 5.74) is 1.79. The Kier molecular flexibility index (Phi) is 4.49. The first-order chi connectivity index (χ1) is 14.1. The predicted molar refractivity (Wildman–Crippen MR) is 105 cm³/mol. The highest BCUT2D eigenvalue weighted by molar-refractivity contribution is 5.79. The minimum Gasteiger partial charge on any atom is -0.368 e. The van der Waals surface area contributed by atoms with Gasteiger partial charge in [0.1, 0.15) is 17.8 Å². The average molecular weight is 397 g/mol. The lowest BCUT2D eigenvalue weighted by molar-refractivity contribution is -0.145. The lowest BCUT2D eigenvalue weighted by Crippen LogP contribution is -2.50. The van der Waals surface area contributed by atoms with Gasteiger partial charge in [0.25, 0.3) is 0 Å². The minimum absolute atomic E-state index is 0.00276. The molecule has 5 heterocycles. The molecule has 1 fully saturated rings. The monoisotopic (exact) mass is 397 g/mol. The number of carbonyl (C=O) groups excluding carboxylic acids is 1. The van der Waals surface area contributed by atoms with Gasteiger partial charge in [-0.05, 0) is 31.2 Å². The van der Waals surface area contributed by atoms with Crippen LogP contribution in [-0.4, -0.2) is 69.3 Å². The molecule has 3 aliphatic heterocycles. The topological polar surface area (TPSA) is 89.3 Å². The zero-order valence-electron chi connectivity index (χ0n) is 17.0. The molecule has 3 aliphatic rings. The Labute approximate surface area is 170 Å². The fourth-order valence-electron chi connectivity index (χ4n) is 4.79. The van der Waals surface area contributed by atoms with Gasteiger partial charge < -0.3 is 14.5 Å². The quantitative estimate of drug-likeness (QED) is 0.740. The number of amides is 1. The second-order valence-corrected chi connectivity index (χ2v) is 8.45. The van der Waals surface area contributed by atoms with E-state index in [1.54, 1.807) is 6.33 Å². The molecule has 9 nitrogen and oxygen atoms in total. The third-order valence-corrected chi connectivity index (χ3v) is 6.48. The van der Waals surface area contributed by atoms with Crippen molar-refractivity contribution >= 4 is 11.9 Å². The van der Waals surface area contributed by atoms with Crippen molar-refractivity contribution in [3.8, 4) is 0 Å². The zero-order chi connectivity index (χ0) is 20.0. The van der Waals surface area contributed by atoms with E-state index < -0.39 is 5.60 Å². The largest absolute Gasteiger partial charge is 0.368 e. The molecule has 0 radical (unpaired) electrons. The van der Waals surface area contributed by atoms with E-state index >= 15 is 0 Å². The molecular weight excluding hydrogens is 370 g/mol. The smallest absolute Gasteiger partial charge is 0.226 e. The molecule has 0 aromatic carbocycles. The van der Waals surface area contributed by atoms with Crippen molar-refractivity contribution in [3.05, 3.63) is 29.6 Å². The fourth-order valence-corrected chi connectivity index (χ4v) is 4.79. The second kappa shape index (κ2) is 7.05. The van der Waals surface area contributed by atoms with Crippen molar-refractivity contribution in [2.24, 2.45) is 5.92 Å². The minimum atomic E-state index is -0.398. The number of aryl methyl sites for hydroxylation is 1. The molecule has 0 bridgehead atoms. The molecule has 5 rings (SSSR count). The molecule has 29 heavy (non-hydrogen) atoms. The number of rotatable bonds is 2. The number of likely N-dealkylation sites (tertiary alicyclic amines) is 1. The van der Waals surface area contributed by atoms with Crippen molar-refractivity contribution in [1.29, 1.82) is 0 Å². The van der Waals surface area contributed by atoms with E-state index in [9.17, 15) is 4.79 Å². The van der Waals surface area contributed by atoms with Gasteiger partial charge in [-0.25, -0.2) is 15.0 Å². The summed E-state index contributed by atoms with van der Waals surface area (Å²) >= 11 is 0. The highest BCUT2D eigenvalue weighted by atomic mass is 16.5. The van der Waals surface area contributed by atoms with Crippen molar-refractivity contribution in [2.45, 2.75) is 44.2 Å². The molecule has 1 saturated heterocycles. The molecule has 2 aromatic rings. The lowest BCUT2D eigenvalue weighted by atomic mass is 9.82. The summed E-state index contributed by atoms with van der Waals surface area (Å²) in [5.74, 6) is 1.86. The molecule has 0 aliphatic carbocycles. The van der Waals surface area contributed by atoms with Crippen LogP contribution in [0.25, 0.3) is 0 Å². The first-order valence-electron chi connectivity index (χ1n) is 10.4. The van der Waals surface area contributed by atoms with Crippen LogP contribution in [-0.2, 0) is 34.5 Å². The number of carbonyl (C=O) groups is 1. The van der Waals surface area contributed by atoms with Crippen LogP contribution >= 0.6 is 0 Å². The SMILES string of the molecule is CN(C)c1ncc2c(n1)C1(CCN(C(=O)C3CCn4ncnc4C3)CC1)OCC2. The van der Waals surface area contributed by atoms with Gasteiger partial charge >= 0.3 is 0 Å². The molecule has 0 saturated carbocycles. The van der Waals surface area contributed by atoms with Gasteiger partial charge in [0.15, 0.2) is 0 Å². The van der Waals surface area contributed by atoms with Gasteiger partial charge in [-0.2, -0.15) is 5.10 Å². The molecular formula is C20H27N7O2. The van der Waals surface area contributed by atoms with E-state index in [4.69, 9.17) is 9.72 Å². The third kappa shape index (κ3) is 3.17. The Morgan fingerprint density at radius 2 is 2.07 bits per heavy atom. The van der Waals surface area contributed by atoms with E-state index in [2.05, 4.69) is 15.1 Å². The predicted octanol–water partition coefficient (Wildman–Crippen LogP) is 0.787. The molecule has 9 heteroatoms. The second-order valence-electron chi connectivity index (χ2n) is 8.45. The molecule has 2 aromatic heterocycles. The summed E-state index contributed by atoms with van der Waals surface area (Å²) in [4.78, 5) is 30.7. The van der Waals surface area contributed by atoms with Crippen molar-refractivity contribution in [1.82, 2.24) is 29.6 Å². The number of nitrogens with zero attached hydrogens (tertiary/aromatic N) is 7. The number of aromatic nitrogens is 5. The van der Waals surface area contributed by atoms with Gasteiger partial charge in [0, 0.05) is 52.3 Å². The molecule has 1 amide bonds. The van der Waals surface area contributed by atoms with Crippen LogP contribution in [0.3, 0.4) is 0 Å². The maximum Gasteiger partial charge on any atom is 0.226 e. The normalized spacial score (nSPS) is 22.8. The number of fused-ring (bicyclic) bond motifs is 3. The first kappa shape index (κ1) is 18.5. The van der Waals surface area contributed by atoms with Crippen molar-refractivity contribution in [3.63, 3.8) is 0 Å². The Hall–Kier alpha value is -2.55. The van der Waals surface area contributed by atoms with Crippen LogP contribution in [0, 0.1) is 5.92 Å². The van der Waals surface area contributed by atoms with Crippen LogP contribution in [0.2, 0.25) is 0 Å². The van der Waals surface area contributed by atoms with Gasteiger partial charge in [0.05, 0.1) is 12.3 Å². The fraction of sp³-hybridized carbons (Fsp3) is 0.650. The summed E-state index contributed by atoms with van der Waals surface area (Å²) < 4.78 is 8.22. The standard InChI is InChI=1S/C20H27N7O2/c1-25(2)19-21-12-15-4-10-29-20(17(15)24-19)5-8-26(9-6-20)18(28)14-3-7-27-16(11-14)22-13-23-27/h12-14H,3-11H2,1-2H3. The third-order valence-electron chi connectivity index (χ3n) is 6.48. The summed E-state index contributed by atoms with van der Waals surface area (Å²) in [6.45, 7) is 2.85. The van der Waals surface area contributed by atoms with Crippen LogP contribution in [0.1, 0.15) is 36.3 Å². The number of hydrogen-bond donors (Lipinski definition) is 0. The van der Waals surface area contributed by atoms with Crippen LogP contribution in [0.15, 0.2) is 12.5 Å². The van der Waals surface area contributed by atoms with Gasteiger partial charge in [-0.3, -0.25) is 9.48 Å². The maximum atomic E-state index is 13.1. The van der Waals surface area contributed by atoms with Gasteiger partial charge in [-0.1, -0.05) is 0 Å². The number of hydrogen-bond acceptors (Lipinski definition) is 7. The molecule has 1 atom stereocenters. The van der Waals surface area contributed by atoms with E-state index in [0.29, 0.717) is 32.1 Å². The average Bonchev–Trinajstić information content (AvgIpc) is 3.22. The number of piperidine rings is 1. The van der Waals surface area contributed by atoms with Crippen molar-refractivity contribution < 1.29 is 9.53 Å². The van der Waals surface area contributed by atoms with Crippen LogP contribution < -0.4 is 4.90 Å². The first-order valence-corrected chi connectivity index (χ1v) is 10.4. The highest BCUT2D eigenvalue weighted by Crippen LogP contribution is 2.41. The molecule has 1 spiro atoms. The summed E-state index contributed by atoms with van der Waals surface area (Å²) in [6, 6.07) is 0. The highest BCUT2D eigenvalue weighted by Gasteiger charge is 2.44. The molecule has 154 valence electrons. The van der Waals surface area contributed by atoms with E-state index in [1.165, 1.54) is 5.56 Å². The molecule has 0 N–H and O–H groups in total. The molecule has 1 unspecified atom stereocenters. The maximum absolute atomic E-state index is 13.1. The van der Waals surface area contributed by atoms with E-state index in [1.807, 2.05) is 34.8 Å². The summed E-state index contributed by atoms with van der Waals surface area (Å²) in [5, 5.41) is 4.21. The summed E-state index contributed by atoms with van der Waals surface area (Å²) in [6.07, 6.45) is 7.42.